The van der Waals surface area contributed by atoms with Crippen LogP contribution in [0.25, 0.3) is 0 Å². The van der Waals surface area contributed by atoms with E-state index in [0.717, 1.165) is 65.0 Å². The molecule has 0 bridgehead atoms. The second-order valence-electron chi connectivity index (χ2n) is 7.84. The summed E-state index contributed by atoms with van der Waals surface area (Å²) in [6.07, 6.45) is 10.5. The fourth-order valence-corrected chi connectivity index (χ4v) is 4.07. The maximum absolute atomic E-state index is 5.66. The van der Waals surface area contributed by atoms with E-state index >= 15 is 0 Å². The van der Waals surface area contributed by atoms with Gasteiger partial charge in [0.05, 0.1) is 19.8 Å². The molecule has 2 unspecified atom stereocenters. The lowest BCUT2D eigenvalue weighted by molar-refractivity contribution is 0.00247. The molecule has 28 heavy (non-hydrogen) atoms. The van der Waals surface area contributed by atoms with Crippen LogP contribution in [0.1, 0.15) is 58.3 Å². The zero-order chi connectivity index (χ0) is 19.2. The van der Waals surface area contributed by atoms with Crippen molar-refractivity contribution >= 4 is 29.9 Å². The summed E-state index contributed by atoms with van der Waals surface area (Å²) in [6, 6.07) is 0.494. The van der Waals surface area contributed by atoms with Crippen LogP contribution in [0.2, 0.25) is 0 Å². The predicted molar refractivity (Wildman–Crippen MR) is 128 cm³/mol. The summed E-state index contributed by atoms with van der Waals surface area (Å²) < 4.78 is 11.2. The van der Waals surface area contributed by atoms with Crippen LogP contribution in [0.15, 0.2) is 4.99 Å². The van der Waals surface area contributed by atoms with Crippen molar-refractivity contribution in [2.75, 3.05) is 59.7 Å². The number of ether oxygens (including phenoxy) is 2. The van der Waals surface area contributed by atoms with Crippen LogP contribution in [0, 0.1) is 5.92 Å². The number of nitrogens with zero attached hydrogens (tertiary/aromatic N) is 2. The molecule has 2 fully saturated rings. The highest BCUT2D eigenvalue weighted by molar-refractivity contribution is 14.0. The molecule has 2 N–H and O–H groups in total. The molecule has 0 amide bonds. The topological polar surface area (TPSA) is 58.1 Å². The van der Waals surface area contributed by atoms with Gasteiger partial charge in [-0.2, -0.15) is 0 Å². The van der Waals surface area contributed by atoms with Crippen LogP contribution < -0.4 is 10.6 Å². The van der Waals surface area contributed by atoms with E-state index < -0.39 is 0 Å². The quantitative estimate of drug-likeness (QED) is 0.183. The van der Waals surface area contributed by atoms with Crippen molar-refractivity contribution in [3.8, 4) is 0 Å². The largest absolute Gasteiger partial charge is 0.381 e. The molecular weight excluding hydrogens is 467 g/mol. The molecule has 2 aliphatic rings. The maximum atomic E-state index is 5.66. The highest BCUT2D eigenvalue weighted by atomic mass is 127. The van der Waals surface area contributed by atoms with E-state index in [0.29, 0.717) is 12.0 Å². The number of morpholine rings is 1. The second-order valence-corrected chi connectivity index (χ2v) is 7.84. The van der Waals surface area contributed by atoms with Gasteiger partial charge in [0.25, 0.3) is 0 Å². The number of nitrogens with one attached hydrogen (secondary N) is 2. The van der Waals surface area contributed by atoms with Crippen molar-refractivity contribution in [3.05, 3.63) is 0 Å². The Kier molecular flexibility index (Phi) is 15.4. The minimum Gasteiger partial charge on any atom is -0.381 e. The van der Waals surface area contributed by atoms with Gasteiger partial charge in [-0.25, -0.2) is 0 Å². The van der Waals surface area contributed by atoms with Gasteiger partial charge in [-0.3, -0.25) is 9.89 Å². The molecule has 7 heteroatoms. The SMILES string of the molecule is CCCCCCCCCNC(=NC)NCC(C1CCOC1)N1CCOCC1.I. The Labute approximate surface area is 189 Å². The van der Waals surface area contributed by atoms with Gasteiger partial charge in [0.15, 0.2) is 5.96 Å². The van der Waals surface area contributed by atoms with E-state index in [2.05, 4.69) is 27.4 Å². The summed E-state index contributed by atoms with van der Waals surface area (Å²) >= 11 is 0. The summed E-state index contributed by atoms with van der Waals surface area (Å²) in [6.45, 7) is 9.70. The van der Waals surface area contributed by atoms with E-state index in [1.807, 2.05) is 7.05 Å². The summed E-state index contributed by atoms with van der Waals surface area (Å²) in [7, 11) is 1.86. The molecule has 0 radical (unpaired) electrons. The first kappa shape index (κ1) is 25.9. The Morgan fingerprint density at radius 1 is 1.00 bits per heavy atom. The van der Waals surface area contributed by atoms with Crippen molar-refractivity contribution in [1.29, 1.82) is 0 Å². The number of hydrogen-bond donors (Lipinski definition) is 2. The monoisotopic (exact) mass is 510 g/mol. The third-order valence-corrected chi connectivity index (χ3v) is 5.80. The number of rotatable bonds is 12. The van der Waals surface area contributed by atoms with E-state index in [9.17, 15) is 0 Å². The average Bonchev–Trinajstić information content (AvgIpc) is 3.24. The minimum atomic E-state index is 0. The highest BCUT2D eigenvalue weighted by Crippen LogP contribution is 2.21. The third kappa shape index (κ3) is 10.1. The van der Waals surface area contributed by atoms with Crippen LogP contribution in [-0.2, 0) is 9.47 Å². The van der Waals surface area contributed by atoms with Gasteiger partial charge in [0.2, 0.25) is 0 Å². The lowest BCUT2D eigenvalue weighted by atomic mass is 9.97. The minimum absolute atomic E-state index is 0. The van der Waals surface area contributed by atoms with Gasteiger partial charge in [-0.15, -0.1) is 24.0 Å². The fourth-order valence-electron chi connectivity index (χ4n) is 4.07. The van der Waals surface area contributed by atoms with Gasteiger partial charge >= 0.3 is 0 Å². The first-order chi connectivity index (χ1) is 13.3. The van der Waals surface area contributed by atoms with Crippen LogP contribution in [-0.4, -0.2) is 76.6 Å². The van der Waals surface area contributed by atoms with Crippen LogP contribution in [0.4, 0.5) is 0 Å². The molecule has 6 nitrogen and oxygen atoms in total. The van der Waals surface area contributed by atoms with Crippen LogP contribution >= 0.6 is 24.0 Å². The second kappa shape index (κ2) is 16.7. The number of halogens is 1. The Morgan fingerprint density at radius 2 is 1.71 bits per heavy atom. The highest BCUT2D eigenvalue weighted by Gasteiger charge is 2.31. The molecule has 166 valence electrons. The zero-order valence-electron chi connectivity index (χ0n) is 18.1. The average molecular weight is 511 g/mol. The molecule has 2 heterocycles. The first-order valence-electron chi connectivity index (χ1n) is 11.2. The summed E-state index contributed by atoms with van der Waals surface area (Å²) in [5.74, 6) is 1.54. The Morgan fingerprint density at radius 3 is 2.36 bits per heavy atom. The van der Waals surface area contributed by atoms with E-state index in [1.165, 1.54) is 44.9 Å². The number of guanidine groups is 1. The Hall–Kier alpha value is -0.120. The van der Waals surface area contributed by atoms with Gasteiger partial charge in [-0.1, -0.05) is 45.4 Å². The summed E-state index contributed by atoms with van der Waals surface area (Å²) in [5, 5.41) is 7.05. The number of aliphatic imine (C=N–C) groups is 1. The Bertz CT molecular complexity index is 400. The zero-order valence-corrected chi connectivity index (χ0v) is 20.4. The van der Waals surface area contributed by atoms with E-state index in [4.69, 9.17) is 9.47 Å². The molecule has 0 spiro atoms. The lowest BCUT2D eigenvalue weighted by Crippen LogP contribution is -2.53. The van der Waals surface area contributed by atoms with Crippen molar-refractivity contribution in [2.45, 2.75) is 64.3 Å². The standard InChI is InChI=1S/C21H42N4O2.HI/c1-3-4-5-6-7-8-9-11-23-21(22-2)24-17-20(19-10-14-27-18-19)25-12-15-26-16-13-25;/h19-20H,3-18H2,1-2H3,(H2,22,23,24);1H. The molecule has 0 saturated carbocycles. The Balaban J connectivity index is 0.00000392. The fraction of sp³-hybridized carbons (Fsp3) is 0.952. The molecule has 2 aliphatic heterocycles. The van der Waals surface area contributed by atoms with Crippen molar-refractivity contribution < 1.29 is 9.47 Å². The van der Waals surface area contributed by atoms with E-state index in [-0.39, 0.29) is 24.0 Å². The molecule has 2 saturated heterocycles. The summed E-state index contributed by atoms with van der Waals surface area (Å²) in [4.78, 5) is 6.98. The molecule has 2 rings (SSSR count). The summed E-state index contributed by atoms with van der Waals surface area (Å²) in [5.41, 5.74) is 0. The van der Waals surface area contributed by atoms with Gasteiger partial charge in [0.1, 0.15) is 0 Å². The maximum Gasteiger partial charge on any atom is 0.191 e. The van der Waals surface area contributed by atoms with Gasteiger partial charge < -0.3 is 20.1 Å². The third-order valence-electron chi connectivity index (χ3n) is 5.80. The van der Waals surface area contributed by atoms with Gasteiger partial charge in [-0.05, 0) is 12.8 Å². The van der Waals surface area contributed by atoms with E-state index in [1.54, 1.807) is 0 Å². The molecule has 0 aromatic carbocycles. The van der Waals surface area contributed by atoms with Crippen LogP contribution in [0.5, 0.6) is 0 Å². The van der Waals surface area contributed by atoms with Crippen LogP contribution in [0.3, 0.4) is 0 Å². The normalized spacial score (nSPS) is 21.9. The smallest absolute Gasteiger partial charge is 0.191 e. The molecule has 2 atom stereocenters. The van der Waals surface area contributed by atoms with Crippen molar-refractivity contribution in [1.82, 2.24) is 15.5 Å². The molecule has 0 aliphatic carbocycles. The molecule has 0 aromatic rings. The lowest BCUT2D eigenvalue weighted by Gasteiger charge is -2.37. The molecular formula is C21H43IN4O2. The molecule has 0 aromatic heterocycles. The number of unbranched alkanes of at least 4 members (excludes halogenated alkanes) is 6. The first-order valence-corrected chi connectivity index (χ1v) is 11.2. The van der Waals surface area contributed by atoms with Gasteiger partial charge in [0, 0.05) is 51.8 Å². The van der Waals surface area contributed by atoms with Crippen molar-refractivity contribution in [3.63, 3.8) is 0 Å². The number of hydrogen-bond acceptors (Lipinski definition) is 4. The van der Waals surface area contributed by atoms with Crippen molar-refractivity contribution in [2.24, 2.45) is 10.9 Å². The predicted octanol–water partition coefficient (Wildman–Crippen LogP) is 3.26.